The quantitative estimate of drug-likeness (QED) is 0.901. The van der Waals surface area contributed by atoms with E-state index >= 15 is 0 Å². The molecule has 1 fully saturated rings. The van der Waals surface area contributed by atoms with E-state index in [1.807, 2.05) is 0 Å². The lowest BCUT2D eigenvalue weighted by Gasteiger charge is -2.29. The second-order valence-corrected chi connectivity index (χ2v) is 8.23. The second kappa shape index (κ2) is 5.28. The first kappa shape index (κ1) is 14.0. The zero-order valence-corrected chi connectivity index (χ0v) is 12.4. The number of thiophene rings is 1. The lowest BCUT2D eigenvalue weighted by atomic mass is 9.86. The molecule has 1 aliphatic rings. The van der Waals surface area contributed by atoms with Gasteiger partial charge in [-0.1, -0.05) is 6.42 Å². The minimum atomic E-state index is -3.40. The summed E-state index contributed by atoms with van der Waals surface area (Å²) in [5.41, 5.74) is 0. The van der Waals surface area contributed by atoms with Crippen molar-refractivity contribution >= 4 is 21.4 Å². The number of nitrogens with zero attached hydrogens (tertiary/aromatic N) is 1. The monoisotopic (exact) mass is 289 g/mol. The van der Waals surface area contributed by atoms with Gasteiger partial charge in [0.05, 0.1) is 11.5 Å². The van der Waals surface area contributed by atoms with Crippen molar-refractivity contribution in [1.29, 1.82) is 0 Å². The van der Waals surface area contributed by atoms with Crippen molar-refractivity contribution in [2.24, 2.45) is 5.92 Å². The lowest BCUT2D eigenvalue weighted by Crippen LogP contribution is -2.34. The van der Waals surface area contributed by atoms with Crippen LogP contribution in [-0.4, -0.2) is 31.4 Å². The first-order chi connectivity index (χ1) is 8.45. The summed E-state index contributed by atoms with van der Waals surface area (Å²) in [7, 11) is -1.76. The molecule has 0 bridgehead atoms. The molecule has 18 heavy (non-hydrogen) atoms. The number of rotatable bonds is 5. The first-order valence-corrected chi connectivity index (χ1v) is 8.37. The van der Waals surface area contributed by atoms with E-state index in [1.54, 1.807) is 20.0 Å². The molecule has 1 N–H and O–H groups in total. The van der Waals surface area contributed by atoms with Gasteiger partial charge >= 0.3 is 0 Å². The van der Waals surface area contributed by atoms with Crippen molar-refractivity contribution in [3.05, 3.63) is 15.8 Å². The Labute approximate surface area is 112 Å². The Morgan fingerprint density at radius 3 is 2.61 bits per heavy atom. The highest BCUT2D eigenvalue weighted by atomic mass is 32.2. The van der Waals surface area contributed by atoms with E-state index < -0.39 is 10.0 Å². The fourth-order valence-electron chi connectivity index (χ4n) is 2.16. The van der Waals surface area contributed by atoms with Crippen LogP contribution in [0.2, 0.25) is 0 Å². The van der Waals surface area contributed by atoms with Crippen LogP contribution in [0, 0.1) is 12.8 Å². The fraction of sp³-hybridized carbons (Fsp3) is 0.667. The van der Waals surface area contributed by atoms with Gasteiger partial charge in [0.2, 0.25) is 10.0 Å². The highest BCUT2D eigenvalue weighted by Crippen LogP contribution is 2.31. The fourth-order valence-corrected chi connectivity index (χ4v) is 4.87. The number of aliphatic hydroxyl groups excluding tert-OH is 1. The average molecular weight is 289 g/mol. The lowest BCUT2D eigenvalue weighted by molar-refractivity contribution is 0.263. The summed E-state index contributed by atoms with van der Waals surface area (Å²) in [5.74, 6) is 0.515. The van der Waals surface area contributed by atoms with E-state index in [0.29, 0.717) is 22.2 Å². The van der Waals surface area contributed by atoms with E-state index in [9.17, 15) is 8.42 Å². The molecule has 0 spiro atoms. The minimum absolute atomic E-state index is 0.104. The molecule has 0 radical (unpaired) electrons. The largest absolute Gasteiger partial charge is 0.391 e. The molecule has 4 nitrogen and oxygen atoms in total. The highest BCUT2D eigenvalue weighted by molar-refractivity contribution is 7.89. The predicted octanol–water partition coefficient (Wildman–Crippen LogP) is 1.97. The van der Waals surface area contributed by atoms with E-state index in [4.69, 9.17) is 5.11 Å². The standard InChI is InChI=1S/C12H19NO3S2/c1-9-12(6-11(8-14)17-9)18(15,16)13(2)7-10-4-3-5-10/h6,10,14H,3-5,7-8H2,1-2H3. The summed E-state index contributed by atoms with van der Waals surface area (Å²) >= 11 is 1.34. The zero-order valence-electron chi connectivity index (χ0n) is 10.7. The van der Waals surface area contributed by atoms with Crippen LogP contribution in [0.1, 0.15) is 29.0 Å². The van der Waals surface area contributed by atoms with Crippen molar-refractivity contribution in [3.63, 3.8) is 0 Å². The van der Waals surface area contributed by atoms with Crippen molar-refractivity contribution < 1.29 is 13.5 Å². The first-order valence-electron chi connectivity index (χ1n) is 6.11. The van der Waals surface area contributed by atoms with E-state index in [2.05, 4.69) is 0 Å². The normalized spacial score (nSPS) is 17.1. The molecule has 0 unspecified atom stereocenters. The number of sulfonamides is 1. The molecule has 6 heteroatoms. The van der Waals surface area contributed by atoms with Gasteiger partial charge in [-0.15, -0.1) is 11.3 Å². The van der Waals surface area contributed by atoms with Gasteiger partial charge in [0.15, 0.2) is 0 Å². The highest BCUT2D eigenvalue weighted by Gasteiger charge is 2.28. The third kappa shape index (κ3) is 2.61. The molecule has 0 aromatic carbocycles. The molecule has 1 aliphatic carbocycles. The van der Waals surface area contributed by atoms with Gasteiger partial charge in [-0.25, -0.2) is 12.7 Å². The van der Waals surface area contributed by atoms with E-state index in [0.717, 1.165) is 17.7 Å². The Morgan fingerprint density at radius 1 is 1.50 bits per heavy atom. The molecule has 102 valence electrons. The molecule has 0 atom stereocenters. The van der Waals surface area contributed by atoms with Gasteiger partial charge in [0.25, 0.3) is 0 Å². The smallest absolute Gasteiger partial charge is 0.243 e. The van der Waals surface area contributed by atoms with Crippen molar-refractivity contribution in [2.75, 3.05) is 13.6 Å². The Bertz CT molecular complexity index is 517. The third-order valence-corrected chi connectivity index (χ3v) is 6.62. The number of hydrogen-bond donors (Lipinski definition) is 1. The minimum Gasteiger partial charge on any atom is -0.391 e. The molecule has 1 aromatic heterocycles. The van der Waals surface area contributed by atoms with Gasteiger partial charge < -0.3 is 5.11 Å². The maximum atomic E-state index is 12.4. The Hall–Kier alpha value is -0.430. The van der Waals surface area contributed by atoms with Crippen molar-refractivity contribution in [2.45, 2.75) is 37.7 Å². The van der Waals surface area contributed by atoms with Crippen LogP contribution in [0.15, 0.2) is 11.0 Å². The predicted molar refractivity (Wildman–Crippen MR) is 72.1 cm³/mol. The summed E-state index contributed by atoms with van der Waals surface area (Å²) in [4.78, 5) is 1.79. The molecule has 1 aromatic rings. The van der Waals surface area contributed by atoms with Gasteiger partial charge in [-0.2, -0.15) is 0 Å². The third-order valence-electron chi connectivity index (χ3n) is 3.51. The molecule has 0 aliphatic heterocycles. The van der Waals surface area contributed by atoms with Gasteiger partial charge in [0, 0.05) is 23.3 Å². The molecular weight excluding hydrogens is 270 g/mol. The Kier molecular flexibility index (Phi) is 4.11. The van der Waals surface area contributed by atoms with Gasteiger partial charge in [0.1, 0.15) is 0 Å². The maximum Gasteiger partial charge on any atom is 0.243 e. The molecule has 2 rings (SSSR count). The Morgan fingerprint density at radius 2 is 2.17 bits per heavy atom. The number of aryl methyl sites for hydroxylation is 1. The summed E-state index contributed by atoms with van der Waals surface area (Å²) < 4.78 is 26.3. The van der Waals surface area contributed by atoms with Crippen molar-refractivity contribution in [3.8, 4) is 0 Å². The SMILES string of the molecule is Cc1sc(CO)cc1S(=O)(=O)N(C)CC1CCC1. The van der Waals surface area contributed by atoms with Gasteiger partial charge in [-0.3, -0.25) is 0 Å². The number of aliphatic hydroxyl groups is 1. The molecule has 0 amide bonds. The van der Waals surface area contributed by atoms with Crippen LogP contribution in [0.3, 0.4) is 0 Å². The molecule has 1 saturated carbocycles. The van der Waals surface area contributed by atoms with Crippen molar-refractivity contribution in [1.82, 2.24) is 4.31 Å². The summed E-state index contributed by atoms with van der Waals surface area (Å²) in [6.07, 6.45) is 3.47. The average Bonchev–Trinajstić information content (AvgIpc) is 2.65. The zero-order chi connectivity index (χ0) is 13.3. The molecule has 1 heterocycles. The van der Waals surface area contributed by atoms with Crippen LogP contribution in [0.25, 0.3) is 0 Å². The summed E-state index contributed by atoms with van der Waals surface area (Å²) in [5, 5.41) is 9.07. The van der Waals surface area contributed by atoms with E-state index in [-0.39, 0.29) is 6.61 Å². The second-order valence-electron chi connectivity index (χ2n) is 4.87. The maximum absolute atomic E-state index is 12.4. The van der Waals surface area contributed by atoms with Crippen LogP contribution in [-0.2, 0) is 16.6 Å². The summed E-state index contributed by atoms with van der Waals surface area (Å²) in [6.45, 7) is 2.29. The summed E-state index contributed by atoms with van der Waals surface area (Å²) in [6, 6.07) is 1.59. The van der Waals surface area contributed by atoms with Crippen LogP contribution < -0.4 is 0 Å². The van der Waals surface area contributed by atoms with Crippen LogP contribution in [0.5, 0.6) is 0 Å². The Balaban J connectivity index is 2.20. The molecule has 0 saturated heterocycles. The van der Waals surface area contributed by atoms with Crippen LogP contribution >= 0.6 is 11.3 Å². The topological polar surface area (TPSA) is 57.6 Å². The van der Waals surface area contributed by atoms with Crippen LogP contribution in [0.4, 0.5) is 0 Å². The van der Waals surface area contributed by atoms with Gasteiger partial charge in [-0.05, 0) is 31.7 Å². The van der Waals surface area contributed by atoms with E-state index in [1.165, 1.54) is 22.1 Å². The molecular formula is C12H19NO3S2. The number of hydrogen-bond acceptors (Lipinski definition) is 4.